The van der Waals surface area contributed by atoms with E-state index in [1.165, 1.54) is 18.5 Å². The van der Waals surface area contributed by atoms with E-state index in [1.807, 2.05) is 56.3 Å². The molecule has 0 aliphatic carbocycles. The Bertz CT molecular complexity index is 1520. The molecule has 0 bridgehead atoms. The predicted molar refractivity (Wildman–Crippen MR) is 149 cm³/mol. The summed E-state index contributed by atoms with van der Waals surface area (Å²) in [5, 5.41) is 2.59. The number of carbonyl (C=O) groups excluding carboxylic acids is 4. The van der Waals surface area contributed by atoms with Gasteiger partial charge in [0.25, 0.3) is 5.91 Å². The molecule has 2 aromatic carbocycles. The van der Waals surface area contributed by atoms with Gasteiger partial charge in [-0.05, 0) is 54.3 Å². The second kappa shape index (κ2) is 12.9. The molecule has 0 aliphatic heterocycles. The maximum Gasteiger partial charge on any atom is 0.261 e. The molecule has 4 rings (SSSR count). The largest absolute Gasteiger partial charge is 0.443 e. The number of nitrogens with zero attached hydrogens (tertiary/aromatic N) is 3. The van der Waals surface area contributed by atoms with Crippen LogP contribution < -0.4 is 11.1 Å². The molecule has 0 radical (unpaired) electrons. The summed E-state index contributed by atoms with van der Waals surface area (Å²) in [4.78, 5) is 61.2. The molecule has 10 nitrogen and oxygen atoms in total. The number of ketones is 1. The Kier molecular flexibility index (Phi) is 9.13. The van der Waals surface area contributed by atoms with E-state index >= 15 is 0 Å². The van der Waals surface area contributed by atoms with Gasteiger partial charge in [-0.2, -0.15) is 0 Å². The summed E-state index contributed by atoms with van der Waals surface area (Å²) in [6.45, 7) is 2.93. The van der Waals surface area contributed by atoms with Gasteiger partial charge >= 0.3 is 0 Å². The molecule has 4 aromatic rings. The van der Waals surface area contributed by atoms with Gasteiger partial charge in [0.1, 0.15) is 5.52 Å². The van der Waals surface area contributed by atoms with Crippen LogP contribution in [0.5, 0.6) is 0 Å². The van der Waals surface area contributed by atoms with Crippen LogP contribution in [0.25, 0.3) is 22.4 Å². The van der Waals surface area contributed by atoms with Crippen molar-refractivity contribution in [3.63, 3.8) is 0 Å². The molecule has 2 aromatic heterocycles. The van der Waals surface area contributed by atoms with Crippen LogP contribution >= 0.6 is 0 Å². The zero-order valence-electron chi connectivity index (χ0n) is 22.4. The molecular weight excluding hydrogens is 510 g/mol. The summed E-state index contributed by atoms with van der Waals surface area (Å²) in [6.07, 6.45) is 3.34. The summed E-state index contributed by atoms with van der Waals surface area (Å²) in [5.74, 6) is -2.13. The maximum absolute atomic E-state index is 13.4. The number of nitrogens with two attached hydrogens (primary N) is 1. The van der Waals surface area contributed by atoms with Crippen molar-refractivity contribution in [2.75, 3.05) is 13.1 Å². The Hall–Kier alpha value is -4.70. The first-order valence-electron chi connectivity index (χ1n) is 12.9. The Morgan fingerprint density at radius 2 is 1.82 bits per heavy atom. The van der Waals surface area contributed by atoms with Crippen LogP contribution in [0.4, 0.5) is 0 Å². The highest BCUT2D eigenvalue weighted by Crippen LogP contribution is 2.19. The third-order valence-electron chi connectivity index (χ3n) is 6.20. The van der Waals surface area contributed by atoms with Crippen LogP contribution in [0.1, 0.15) is 36.2 Å². The number of hydrogen-bond donors (Lipinski definition) is 2. The SMILES string of the molecule is CC(C)C[C@H](N)C(=O)N(CC(=O)CNC(=O)Cc1cccc(-c2ccccn2)c1)C(=O)c1ccc2ocnc2c1. The average molecular weight is 542 g/mol. The number of rotatable bonds is 11. The van der Waals surface area contributed by atoms with Gasteiger partial charge in [-0.15, -0.1) is 0 Å². The highest BCUT2D eigenvalue weighted by molar-refractivity contribution is 6.09. The molecule has 0 spiro atoms. The lowest BCUT2D eigenvalue weighted by atomic mass is 10.0. The van der Waals surface area contributed by atoms with Crippen LogP contribution in [0, 0.1) is 5.92 Å². The number of nitrogens with one attached hydrogen (secondary N) is 1. The van der Waals surface area contributed by atoms with E-state index in [-0.39, 0.29) is 30.4 Å². The van der Waals surface area contributed by atoms with Gasteiger partial charge < -0.3 is 15.5 Å². The van der Waals surface area contributed by atoms with Gasteiger partial charge in [-0.3, -0.25) is 29.1 Å². The number of carbonyl (C=O) groups is 4. The van der Waals surface area contributed by atoms with Crippen molar-refractivity contribution in [3.8, 4) is 11.3 Å². The summed E-state index contributed by atoms with van der Waals surface area (Å²) in [6, 6.07) is 16.6. The predicted octanol–water partition coefficient (Wildman–Crippen LogP) is 3.16. The zero-order chi connectivity index (χ0) is 28.6. The third kappa shape index (κ3) is 7.23. The standard InChI is InChI=1S/C30H31N5O5/c1-19(2)12-24(31)30(39)35(29(38)22-9-10-27-26(15-22)34-18-40-27)17-23(36)16-33-28(37)14-20-6-5-7-21(13-20)25-8-3-4-11-32-25/h3-11,13,15,18-19,24H,12,14,16-17,31H2,1-2H3,(H,33,37)/t24-/m0/s1. The highest BCUT2D eigenvalue weighted by atomic mass is 16.3. The fraction of sp³-hybridized carbons (Fsp3) is 0.267. The van der Waals surface area contributed by atoms with E-state index in [9.17, 15) is 19.2 Å². The monoisotopic (exact) mass is 541 g/mol. The van der Waals surface area contributed by atoms with Crippen molar-refractivity contribution in [1.82, 2.24) is 20.2 Å². The molecule has 0 aliphatic rings. The van der Waals surface area contributed by atoms with E-state index in [4.69, 9.17) is 10.2 Å². The smallest absolute Gasteiger partial charge is 0.261 e. The number of Topliss-reactive ketones (excluding diaryl/α,β-unsaturated/α-hetero) is 1. The second-order valence-electron chi connectivity index (χ2n) is 9.91. The summed E-state index contributed by atoms with van der Waals surface area (Å²) >= 11 is 0. The number of imide groups is 1. The Morgan fingerprint density at radius 1 is 1.00 bits per heavy atom. The number of benzene rings is 2. The fourth-order valence-electron chi connectivity index (χ4n) is 4.26. The summed E-state index contributed by atoms with van der Waals surface area (Å²) in [7, 11) is 0. The van der Waals surface area contributed by atoms with Gasteiger partial charge in [-0.1, -0.05) is 38.1 Å². The lowest BCUT2D eigenvalue weighted by Crippen LogP contribution is -2.50. The topological polar surface area (TPSA) is 148 Å². The van der Waals surface area contributed by atoms with E-state index in [1.54, 1.807) is 12.3 Å². The number of oxazole rings is 1. The van der Waals surface area contributed by atoms with Gasteiger partial charge in [0.2, 0.25) is 11.8 Å². The fourth-order valence-corrected chi connectivity index (χ4v) is 4.26. The first kappa shape index (κ1) is 28.3. The van der Waals surface area contributed by atoms with Gasteiger partial charge in [0.15, 0.2) is 17.8 Å². The minimum atomic E-state index is -0.964. The van der Waals surface area contributed by atoms with Crippen LogP contribution in [0.3, 0.4) is 0 Å². The number of hydrogen-bond acceptors (Lipinski definition) is 8. The molecule has 10 heteroatoms. The first-order chi connectivity index (χ1) is 19.2. The van der Waals surface area contributed by atoms with Crippen molar-refractivity contribution < 1.29 is 23.6 Å². The maximum atomic E-state index is 13.4. The normalized spacial score (nSPS) is 11.8. The minimum absolute atomic E-state index is 0.0481. The Balaban J connectivity index is 1.41. The lowest BCUT2D eigenvalue weighted by Gasteiger charge is -2.24. The highest BCUT2D eigenvalue weighted by Gasteiger charge is 2.30. The molecule has 0 fully saturated rings. The molecule has 40 heavy (non-hydrogen) atoms. The first-order valence-corrected chi connectivity index (χ1v) is 12.9. The van der Waals surface area contributed by atoms with E-state index in [0.717, 1.165) is 21.7 Å². The van der Waals surface area contributed by atoms with Crippen molar-refractivity contribution in [2.24, 2.45) is 11.7 Å². The Labute approximate surface area is 231 Å². The molecule has 2 heterocycles. The molecule has 0 saturated heterocycles. The van der Waals surface area contributed by atoms with E-state index < -0.39 is 30.2 Å². The second-order valence-corrected chi connectivity index (χ2v) is 9.91. The average Bonchev–Trinajstić information content (AvgIpc) is 3.42. The molecule has 0 unspecified atom stereocenters. The molecule has 1 atom stereocenters. The summed E-state index contributed by atoms with van der Waals surface area (Å²) < 4.78 is 5.21. The van der Waals surface area contributed by atoms with E-state index in [2.05, 4.69) is 15.3 Å². The number of amides is 3. The lowest BCUT2D eigenvalue weighted by molar-refractivity contribution is -0.134. The van der Waals surface area contributed by atoms with Crippen LogP contribution in [-0.4, -0.2) is 57.5 Å². The molecular formula is C30H31N5O5. The van der Waals surface area contributed by atoms with Crippen molar-refractivity contribution in [1.29, 1.82) is 0 Å². The zero-order valence-corrected chi connectivity index (χ0v) is 22.4. The van der Waals surface area contributed by atoms with Crippen molar-refractivity contribution >= 4 is 34.6 Å². The number of pyridine rings is 1. The van der Waals surface area contributed by atoms with Crippen LogP contribution in [0.15, 0.2) is 77.7 Å². The quantitative estimate of drug-likeness (QED) is 0.294. The summed E-state index contributed by atoms with van der Waals surface area (Å²) in [5.41, 5.74) is 9.58. The number of aromatic nitrogens is 2. The van der Waals surface area contributed by atoms with Gasteiger partial charge in [-0.25, -0.2) is 4.98 Å². The van der Waals surface area contributed by atoms with Gasteiger partial charge in [0, 0.05) is 17.3 Å². The molecule has 206 valence electrons. The van der Waals surface area contributed by atoms with Crippen molar-refractivity contribution in [3.05, 3.63) is 84.4 Å². The van der Waals surface area contributed by atoms with Crippen molar-refractivity contribution in [2.45, 2.75) is 32.7 Å². The van der Waals surface area contributed by atoms with E-state index in [0.29, 0.717) is 17.5 Å². The Morgan fingerprint density at radius 3 is 2.58 bits per heavy atom. The third-order valence-corrected chi connectivity index (χ3v) is 6.20. The van der Waals surface area contributed by atoms with Crippen LogP contribution in [0.2, 0.25) is 0 Å². The minimum Gasteiger partial charge on any atom is -0.443 e. The molecule has 3 amide bonds. The number of fused-ring (bicyclic) bond motifs is 1. The molecule has 0 saturated carbocycles. The van der Waals surface area contributed by atoms with Crippen LogP contribution in [-0.2, 0) is 20.8 Å². The van der Waals surface area contributed by atoms with Gasteiger partial charge in [0.05, 0.1) is 31.2 Å². The molecule has 3 N–H and O–H groups in total.